The Labute approximate surface area is 202 Å². The van der Waals surface area contributed by atoms with Crippen LogP contribution in [0.4, 0.5) is 0 Å². The first-order chi connectivity index (χ1) is 16.5. The van der Waals surface area contributed by atoms with E-state index in [1.54, 1.807) is 0 Å². The number of aryl methyl sites for hydroxylation is 1. The summed E-state index contributed by atoms with van der Waals surface area (Å²) < 4.78 is 9.21. The van der Waals surface area contributed by atoms with E-state index in [1.165, 1.54) is 19.8 Å². The Morgan fingerprint density at radius 2 is 1.35 bits per heavy atom. The first-order valence-electron chi connectivity index (χ1n) is 11.0. The van der Waals surface area contributed by atoms with Crippen LogP contribution in [-0.2, 0) is 38.3 Å². The zero-order valence-electron chi connectivity index (χ0n) is 20.3. The highest BCUT2D eigenvalue weighted by atomic mass is 16.5. The molecule has 0 saturated heterocycles. The summed E-state index contributed by atoms with van der Waals surface area (Å²) in [5.74, 6) is 5.27. The lowest BCUT2D eigenvalue weighted by Crippen LogP contribution is -2.04. The second kappa shape index (κ2) is 20.4. The van der Waals surface area contributed by atoms with E-state index < -0.39 is 0 Å². The second-order valence-corrected chi connectivity index (χ2v) is 6.98. The van der Waals surface area contributed by atoms with Crippen molar-refractivity contribution in [2.24, 2.45) is 0 Å². The molecule has 2 aromatic rings. The van der Waals surface area contributed by atoms with Crippen LogP contribution in [0.2, 0.25) is 0 Å². The molecule has 0 spiro atoms. The maximum atomic E-state index is 11.1. The van der Waals surface area contributed by atoms with Gasteiger partial charge in [-0.25, -0.2) is 0 Å². The van der Waals surface area contributed by atoms with Crippen molar-refractivity contribution in [3.63, 3.8) is 0 Å². The van der Waals surface area contributed by atoms with Gasteiger partial charge in [-0.05, 0) is 48.1 Å². The second-order valence-electron chi connectivity index (χ2n) is 6.98. The summed E-state index contributed by atoms with van der Waals surface area (Å²) >= 11 is 0. The van der Waals surface area contributed by atoms with Crippen LogP contribution in [-0.4, -0.2) is 61.8 Å². The molecule has 0 bridgehead atoms. The minimum Gasteiger partial charge on any atom is -0.469 e. The Morgan fingerprint density at radius 1 is 0.794 bits per heavy atom. The van der Waals surface area contributed by atoms with Crippen LogP contribution in [0.3, 0.4) is 0 Å². The normalized spacial score (nSPS) is 9.24. The third-order valence-electron chi connectivity index (χ3n) is 4.41. The average Bonchev–Trinajstić information content (AvgIpc) is 2.86. The van der Waals surface area contributed by atoms with Gasteiger partial charge in [0.05, 0.1) is 33.7 Å². The predicted octanol–water partition coefficient (Wildman–Crippen LogP) is 2.46. The molecule has 7 heteroatoms. The number of carbonyl (C=O) groups is 2. The maximum Gasteiger partial charge on any atom is 0.309 e. The van der Waals surface area contributed by atoms with E-state index in [-0.39, 0.29) is 31.6 Å². The fraction of sp³-hybridized carbons (Fsp3) is 0.407. The summed E-state index contributed by atoms with van der Waals surface area (Å²) in [6.07, 6.45) is 3.77. The van der Waals surface area contributed by atoms with E-state index in [0.717, 1.165) is 43.1 Å². The Kier molecular flexibility index (Phi) is 18.5. The highest BCUT2D eigenvalue weighted by Gasteiger charge is 2.03. The smallest absolute Gasteiger partial charge is 0.309 e. The quantitative estimate of drug-likeness (QED) is 0.292. The van der Waals surface area contributed by atoms with Gasteiger partial charge in [0.2, 0.25) is 0 Å². The first-order valence-corrected chi connectivity index (χ1v) is 11.0. The number of rotatable bonds is 9. The molecule has 0 aliphatic rings. The largest absolute Gasteiger partial charge is 0.469 e. The van der Waals surface area contributed by atoms with E-state index >= 15 is 0 Å². The Bertz CT molecular complexity index is 897. The Balaban J connectivity index is 0.000000597. The topological polar surface area (TPSA) is 113 Å². The number of aliphatic hydroxyl groups is 3. The lowest BCUT2D eigenvalue weighted by Gasteiger charge is -2.04. The van der Waals surface area contributed by atoms with E-state index in [2.05, 4.69) is 21.3 Å². The summed E-state index contributed by atoms with van der Waals surface area (Å²) in [6, 6.07) is 15.4. The van der Waals surface area contributed by atoms with Gasteiger partial charge in [0.1, 0.15) is 0 Å². The van der Waals surface area contributed by atoms with Crippen molar-refractivity contribution in [3.8, 4) is 11.8 Å². The van der Waals surface area contributed by atoms with Crippen LogP contribution >= 0.6 is 0 Å². The number of esters is 2. The minimum atomic E-state index is -0.263. The standard InChI is InChI=1S/C13H18O3.C13H14O3.CH4O/c2*1-16-13(15)10-12-7-4-6-11(9-12)5-2-3-8-14;1-2/h4,6-7,9,14H,2-3,5,8,10H2,1H3;4,6-7,9,14H,3,8,10H2,1H3;2H,1H3. The lowest BCUT2D eigenvalue weighted by molar-refractivity contribution is -0.140. The highest BCUT2D eigenvalue weighted by Crippen LogP contribution is 2.10. The Hall–Kier alpha value is -3.18. The predicted molar refractivity (Wildman–Crippen MR) is 131 cm³/mol. The molecule has 2 aromatic carbocycles. The average molecular weight is 473 g/mol. The maximum absolute atomic E-state index is 11.1. The van der Waals surface area contributed by atoms with Gasteiger partial charge >= 0.3 is 11.9 Å². The van der Waals surface area contributed by atoms with Crippen LogP contribution < -0.4 is 0 Å². The molecule has 0 heterocycles. The molecule has 0 aromatic heterocycles. The summed E-state index contributed by atoms with van der Waals surface area (Å²) in [7, 11) is 3.76. The molecule has 0 amide bonds. The van der Waals surface area contributed by atoms with Gasteiger partial charge in [0.25, 0.3) is 0 Å². The molecule has 3 N–H and O–H groups in total. The molecule has 0 atom stereocenters. The van der Waals surface area contributed by atoms with Gasteiger partial charge in [-0.1, -0.05) is 48.2 Å². The summed E-state index contributed by atoms with van der Waals surface area (Å²) in [5, 5.41) is 24.3. The zero-order valence-corrected chi connectivity index (χ0v) is 20.3. The molecule has 0 aliphatic heterocycles. The molecular formula is C27H36O7. The van der Waals surface area contributed by atoms with E-state index in [4.69, 9.17) is 15.3 Å². The van der Waals surface area contributed by atoms with E-state index in [9.17, 15) is 9.59 Å². The summed E-state index contributed by atoms with van der Waals surface area (Å²) in [4.78, 5) is 22.2. The van der Waals surface area contributed by atoms with Gasteiger partial charge in [0.15, 0.2) is 0 Å². The highest BCUT2D eigenvalue weighted by molar-refractivity contribution is 5.72. The van der Waals surface area contributed by atoms with Gasteiger partial charge < -0.3 is 24.8 Å². The molecule has 0 unspecified atom stereocenters. The fourth-order valence-corrected chi connectivity index (χ4v) is 2.79. The van der Waals surface area contributed by atoms with Crippen molar-refractivity contribution in [2.45, 2.75) is 38.5 Å². The number of unbranched alkanes of at least 4 members (excludes halogenated alkanes) is 1. The molecule has 0 saturated carbocycles. The van der Waals surface area contributed by atoms with E-state index in [0.29, 0.717) is 12.8 Å². The molecule has 7 nitrogen and oxygen atoms in total. The number of hydrogen-bond donors (Lipinski definition) is 3. The van der Waals surface area contributed by atoms with Crippen LogP contribution in [0.15, 0.2) is 48.5 Å². The number of aliphatic hydroxyl groups excluding tert-OH is 3. The Morgan fingerprint density at radius 3 is 1.91 bits per heavy atom. The number of benzene rings is 2. The van der Waals surface area contributed by atoms with E-state index in [1.807, 2.05) is 48.5 Å². The van der Waals surface area contributed by atoms with Gasteiger partial charge in [0, 0.05) is 25.7 Å². The van der Waals surface area contributed by atoms with Crippen molar-refractivity contribution >= 4 is 11.9 Å². The van der Waals surface area contributed by atoms with Crippen LogP contribution in [0.5, 0.6) is 0 Å². The number of methoxy groups -OCH3 is 2. The van der Waals surface area contributed by atoms with Crippen molar-refractivity contribution in [2.75, 3.05) is 34.5 Å². The monoisotopic (exact) mass is 472 g/mol. The molecule has 0 fully saturated rings. The van der Waals surface area contributed by atoms with Crippen molar-refractivity contribution in [3.05, 3.63) is 70.8 Å². The third kappa shape index (κ3) is 14.8. The van der Waals surface area contributed by atoms with Crippen LogP contribution in [0.25, 0.3) is 0 Å². The third-order valence-corrected chi connectivity index (χ3v) is 4.41. The SMILES string of the molecule is CO.COC(=O)Cc1cccc(C#CCCO)c1.COC(=O)Cc1cccc(CCCCO)c1. The van der Waals surface area contributed by atoms with Gasteiger partial charge in [-0.15, -0.1) is 0 Å². The van der Waals surface area contributed by atoms with Crippen molar-refractivity contribution in [1.29, 1.82) is 0 Å². The number of hydrogen-bond acceptors (Lipinski definition) is 7. The molecule has 0 aliphatic carbocycles. The molecule has 2 rings (SSSR count). The number of ether oxygens (including phenoxy) is 2. The molecule has 0 radical (unpaired) electrons. The van der Waals surface area contributed by atoms with Crippen LogP contribution in [0, 0.1) is 11.8 Å². The zero-order chi connectivity index (χ0) is 25.6. The minimum absolute atomic E-state index is 0.0643. The van der Waals surface area contributed by atoms with Crippen LogP contribution in [0.1, 0.15) is 41.5 Å². The van der Waals surface area contributed by atoms with Crippen molar-refractivity contribution < 1.29 is 34.4 Å². The van der Waals surface area contributed by atoms with Gasteiger partial charge in [-0.3, -0.25) is 9.59 Å². The lowest BCUT2D eigenvalue weighted by atomic mass is 10.0. The van der Waals surface area contributed by atoms with Gasteiger partial charge in [-0.2, -0.15) is 0 Å². The van der Waals surface area contributed by atoms with Crippen molar-refractivity contribution in [1.82, 2.24) is 0 Å². The molecule has 34 heavy (non-hydrogen) atoms. The first kappa shape index (κ1) is 30.8. The molecule has 186 valence electrons. The molecular weight excluding hydrogens is 436 g/mol. The fourth-order valence-electron chi connectivity index (χ4n) is 2.79. The number of carbonyl (C=O) groups excluding carboxylic acids is 2. The summed E-state index contributed by atoms with van der Waals surface area (Å²) in [6.45, 7) is 0.302. The summed E-state index contributed by atoms with van der Waals surface area (Å²) in [5.41, 5.74) is 3.90.